The maximum atomic E-state index is 12.8. The van der Waals surface area contributed by atoms with Crippen molar-refractivity contribution in [2.45, 2.75) is 37.5 Å². The standard InChI is InChI=1S/C18H26N2O3/c1-23-17(14-6-3-2-4-7-14)18(22)20-12-10-19(11-13-20)15-8-5-9-16(15)21/h2-4,6-7,15-17,21H,5,8-13H2,1H3/t15-,16+,17-/m0/s1. The van der Waals surface area contributed by atoms with Crippen LogP contribution in [0, 0.1) is 0 Å². The highest BCUT2D eigenvalue weighted by Crippen LogP contribution is 2.26. The third kappa shape index (κ3) is 3.57. The maximum Gasteiger partial charge on any atom is 0.256 e. The van der Waals surface area contributed by atoms with E-state index >= 15 is 0 Å². The summed E-state index contributed by atoms with van der Waals surface area (Å²) in [5.41, 5.74) is 0.897. The lowest BCUT2D eigenvalue weighted by molar-refractivity contribution is -0.144. The maximum absolute atomic E-state index is 12.8. The van der Waals surface area contributed by atoms with Crippen LogP contribution in [0.15, 0.2) is 30.3 Å². The lowest BCUT2D eigenvalue weighted by Crippen LogP contribution is -2.54. The van der Waals surface area contributed by atoms with Gasteiger partial charge in [0.2, 0.25) is 0 Å². The summed E-state index contributed by atoms with van der Waals surface area (Å²) in [6.07, 6.45) is 2.35. The molecule has 0 spiro atoms. The molecule has 2 fully saturated rings. The molecule has 1 aliphatic heterocycles. The van der Waals surface area contributed by atoms with E-state index in [2.05, 4.69) is 4.90 Å². The largest absolute Gasteiger partial charge is 0.391 e. The highest BCUT2D eigenvalue weighted by Gasteiger charge is 2.34. The van der Waals surface area contributed by atoms with Crippen LogP contribution in [0.1, 0.15) is 30.9 Å². The van der Waals surface area contributed by atoms with Crippen LogP contribution in [0.25, 0.3) is 0 Å². The average Bonchev–Trinajstić information content (AvgIpc) is 3.02. The van der Waals surface area contributed by atoms with Crippen LogP contribution in [0.4, 0.5) is 0 Å². The first kappa shape index (κ1) is 16.4. The molecule has 5 nitrogen and oxygen atoms in total. The van der Waals surface area contributed by atoms with Gasteiger partial charge in [-0.1, -0.05) is 30.3 Å². The van der Waals surface area contributed by atoms with Crippen LogP contribution < -0.4 is 0 Å². The Morgan fingerprint density at radius 2 is 1.87 bits per heavy atom. The molecule has 1 aliphatic carbocycles. The Morgan fingerprint density at radius 1 is 1.17 bits per heavy atom. The lowest BCUT2D eigenvalue weighted by Gasteiger charge is -2.40. The summed E-state index contributed by atoms with van der Waals surface area (Å²) < 4.78 is 5.45. The van der Waals surface area contributed by atoms with Crippen LogP contribution in [0.3, 0.4) is 0 Å². The molecule has 0 aromatic heterocycles. The summed E-state index contributed by atoms with van der Waals surface area (Å²) in [6.45, 7) is 3.07. The van der Waals surface area contributed by atoms with Gasteiger partial charge in [0.25, 0.3) is 5.91 Å². The molecule has 1 aromatic rings. The van der Waals surface area contributed by atoms with E-state index in [4.69, 9.17) is 4.74 Å². The van der Waals surface area contributed by atoms with E-state index in [-0.39, 0.29) is 18.1 Å². The number of carbonyl (C=O) groups is 1. The number of benzene rings is 1. The molecule has 23 heavy (non-hydrogen) atoms. The summed E-state index contributed by atoms with van der Waals surface area (Å²) in [6, 6.07) is 9.92. The summed E-state index contributed by atoms with van der Waals surface area (Å²) >= 11 is 0. The molecular weight excluding hydrogens is 292 g/mol. The van der Waals surface area contributed by atoms with Crippen molar-refractivity contribution in [2.24, 2.45) is 0 Å². The number of aliphatic hydroxyl groups is 1. The van der Waals surface area contributed by atoms with Crippen LogP contribution >= 0.6 is 0 Å². The molecule has 1 aromatic carbocycles. The molecule has 126 valence electrons. The van der Waals surface area contributed by atoms with Gasteiger partial charge in [0, 0.05) is 39.3 Å². The monoisotopic (exact) mass is 318 g/mol. The van der Waals surface area contributed by atoms with Gasteiger partial charge in [0.05, 0.1) is 6.10 Å². The number of hydrogen-bond acceptors (Lipinski definition) is 4. The smallest absolute Gasteiger partial charge is 0.256 e. The second-order valence-corrected chi connectivity index (χ2v) is 6.45. The average molecular weight is 318 g/mol. The fourth-order valence-corrected chi connectivity index (χ4v) is 3.79. The Balaban J connectivity index is 1.59. The Labute approximate surface area is 137 Å². The molecule has 1 heterocycles. The number of aliphatic hydroxyl groups excluding tert-OH is 1. The third-order valence-corrected chi connectivity index (χ3v) is 5.10. The Bertz CT molecular complexity index is 514. The molecule has 0 radical (unpaired) electrons. The first-order chi connectivity index (χ1) is 11.2. The lowest BCUT2D eigenvalue weighted by atomic mass is 10.1. The van der Waals surface area contributed by atoms with Gasteiger partial charge in [-0.15, -0.1) is 0 Å². The van der Waals surface area contributed by atoms with E-state index < -0.39 is 6.10 Å². The molecule has 3 atom stereocenters. The first-order valence-corrected chi connectivity index (χ1v) is 8.49. The van der Waals surface area contributed by atoms with Crippen molar-refractivity contribution in [1.29, 1.82) is 0 Å². The van der Waals surface area contributed by atoms with E-state index in [1.165, 1.54) is 0 Å². The van der Waals surface area contributed by atoms with Gasteiger partial charge < -0.3 is 14.7 Å². The number of methoxy groups -OCH3 is 1. The van der Waals surface area contributed by atoms with Gasteiger partial charge in [-0.05, 0) is 24.8 Å². The molecule has 1 N–H and O–H groups in total. The number of rotatable bonds is 4. The van der Waals surface area contributed by atoms with Crippen LogP contribution in [0.2, 0.25) is 0 Å². The van der Waals surface area contributed by atoms with Crippen molar-refractivity contribution in [3.63, 3.8) is 0 Å². The van der Waals surface area contributed by atoms with Crippen molar-refractivity contribution in [3.8, 4) is 0 Å². The van der Waals surface area contributed by atoms with Gasteiger partial charge in [0.15, 0.2) is 6.10 Å². The molecule has 2 aliphatic rings. The van der Waals surface area contributed by atoms with Gasteiger partial charge in [-0.2, -0.15) is 0 Å². The fourth-order valence-electron chi connectivity index (χ4n) is 3.79. The summed E-state index contributed by atoms with van der Waals surface area (Å²) in [5, 5.41) is 10.0. The number of carbonyl (C=O) groups excluding carboxylic acids is 1. The number of piperazine rings is 1. The van der Waals surface area contributed by atoms with E-state index in [0.717, 1.165) is 37.9 Å². The van der Waals surface area contributed by atoms with E-state index in [0.29, 0.717) is 13.1 Å². The first-order valence-electron chi connectivity index (χ1n) is 8.49. The van der Waals surface area contributed by atoms with Crippen molar-refractivity contribution in [2.75, 3.05) is 33.3 Å². The molecule has 0 bridgehead atoms. The zero-order valence-electron chi connectivity index (χ0n) is 13.7. The van der Waals surface area contributed by atoms with Crippen molar-refractivity contribution in [1.82, 2.24) is 9.80 Å². The number of nitrogens with zero attached hydrogens (tertiary/aromatic N) is 2. The normalized spacial score (nSPS) is 27.1. The van der Waals surface area contributed by atoms with Crippen LogP contribution in [-0.2, 0) is 9.53 Å². The van der Waals surface area contributed by atoms with E-state index in [1.807, 2.05) is 35.2 Å². The fraction of sp³-hybridized carbons (Fsp3) is 0.611. The topological polar surface area (TPSA) is 53.0 Å². The zero-order chi connectivity index (χ0) is 16.2. The highest BCUT2D eigenvalue weighted by molar-refractivity contribution is 5.82. The van der Waals surface area contributed by atoms with Crippen molar-refractivity contribution in [3.05, 3.63) is 35.9 Å². The van der Waals surface area contributed by atoms with Gasteiger partial charge in [0.1, 0.15) is 0 Å². The Hall–Kier alpha value is -1.43. The number of amides is 1. The van der Waals surface area contributed by atoms with Crippen LogP contribution in [0.5, 0.6) is 0 Å². The molecule has 1 saturated carbocycles. The minimum Gasteiger partial charge on any atom is -0.391 e. The molecule has 1 amide bonds. The molecule has 0 unspecified atom stereocenters. The van der Waals surface area contributed by atoms with E-state index in [9.17, 15) is 9.90 Å². The molecular formula is C18H26N2O3. The SMILES string of the molecule is CO[C@H](C(=O)N1CCN([C@H]2CCC[C@H]2O)CC1)c1ccccc1. The third-order valence-electron chi connectivity index (χ3n) is 5.10. The second-order valence-electron chi connectivity index (χ2n) is 6.45. The minimum absolute atomic E-state index is 0.0327. The number of ether oxygens (including phenoxy) is 1. The predicted octanol–water partition coefficient (Wildman–Crippen LogP) is 1.43. The van der Waals surface area contributed by atoms with Gasteiger partial charge >= 0.3 is 0 Å². The second kappa shape index (κ2) is 7.43. The predicted molar refractivity (Wildman–Crippen MR) is 88.0 cm³/mol. The van der Waals surface area contributed by atoms with Gasteiger partial charge in [-0.3, -0.25) is 9.69 Å². The molecule has 3 rings (SSSR count). The Kier molecular flexibility index (Phi) is 5.30. The summed E-state index contributed by atoms with van der Waals surface area (Å²) in [5.74, 6) is 0.0327. The number of hydrogen-bond donors (Lipinski definition) is 1. The van der Waals surface area contributed by atoms with Crippen LogP contribution in [-0.4, -0.2) is 66.2 Å². The van der Waals surface area contributed by atoms with Gasteiger partial charge in [-0.25, -0.2) is 0 Å². The van der Waals surface area contributed by atoms with Crippen molar-refractivity contribution < 1.29 is 14.6 Å². The Morgan fingerprint density at radius 3 is 2.43 bits per heavy atom. The summed E-state index contributed by atoms with van der Waals surface area (Å²) in [7, 11) is 1.58. The highest BCUT2D eigenvalue weighted by atomic mass is 16.5. The molecule has 5 heteroatoms. The molecule has 1 saturated heterocycles. The zero-order valence-corrected chi connectivity index (χ0v) is 13.7. The summed E-state index contributed by atoms with van der Waals surface area (Å²) in [4.78, 5) is 17.0. The minimum atomic E-state index is -0.528. The van der Waals surface area contributed by atoms with Crippen molar-refractivity contribution >= 4 is 5.91 Å². The van der Waals surface area contributed by atoms with E-state index in [1.54, 1.807) is 7.11 Å². The quantitative estimate of drug-likeness (QED) is 0.912.